The molecule has 3 nitrogen and oxygen atoms in total. The quantitative estimate of drug-likeness (QED) is 0.827. The van der Waals surface area contributed by atoms with Gasteiger partial charge in [0.05, 0.1) is 0 Å². The van der Waals surface area contributed by atoms with Gasteiger partial charge in [0.2, 0.25) is 6.10 Å². The van der Waals surface area contributed by atoms with Crippen LogP contribution >= 0.6 is 0 Å². The number of benzene rings is 2. The number of aliphatic carboxylic acids is 1. The summed E-state index contributed by atoms with van der Waals surface area (Å²) in [5.74, 6) is -0.414. The van der Waals surface area contributed by atoms with Crippen molar-refractivity contribution in [3.05, 3.63) is 65.7 Å². The number of carbonyl (C=O) groups is 1. The Morgan fingerprint density at radius 1 is 1.10 bits per heavy atom. The summed E-state index contributed by atoms with van der Waals surface area (Å²) in [5.41, 5.74) is 1.89. The number of rotatable bonds is 7. The van der Waals surface area contributed by atoms with Crippen LogP contribution in [0.4, 0.5) is 0 Å². The molecule has 0 aliphatic carbocycles. The lowest BCUT2D eigenvalue weighted by Crippen LogP contribution is -2.18. The van der Waals surface area contributed by atoms with Gasteiger partial charge < -0.3 is 9.84 Å². The Bertz CT molecular complexity index is 561. The van der Waals surface area contributed by atoms with E-state index < -0.39 is 12.1 Å². The van der Waals surface area contributed by atoms with Crippen LogP contribution in [0.3, 0.4) is 0 Å². The second kappa shape index (κ2) is 7.48. The smallest absolute Gasteiger partial charge is 0.349 e. The van der Waals surface area contributed by atoms with Gasteiger partial charge in [0, 0.05) is 5.56 Å². The van der Waals surface area contributed by atoms with Gasteiger partial charge in [-0.1, -0.05) is 55.8 Å². The maximum atomic E-state index is 11.4. The molecule has 2 aromatic rings. The van der Waals surface area contributed by atoms with Gasteiger partial charge in [-0.25, -0.2) is 4.79 Å². The highest BCUT2D eigenvalue weighted by molar-refractivity contribution is 5.74. The summed E-state index contributed by atoms with van der Waals surface area (Å²) in [5, 5.41) is 9.33. The summed E-state index contributed by atoms with van der Waals surface area (Å²) in [7, 11) is 0. The molecule has 1 unspecified atom stereocenters. The molecule has 21 heavy (non-hydrogen) atoms. The molecule has 0 aromatic heterocycles. The highest BCUT2D eigenvalue weighted by Crippen LogP contribution is 2.23. The molecule has 0 fully saturated rings. The van der Waals surface area contributed by atoms with Gasteiger partial charge in [-0.15, -0.1) is 0 Å². The van der Waals surface area contributed by atoms with E-state index in [4.69, 9.17) is 4.74 Å². The first-order valence-corrected chi connectivity index (χ1v) is 7.24. The van der Waals surface area contributed by atoms with Crippen molar-refractivity contribution in [1.82, 2.24) is 0 Å². The SMILES string of the molecule is CCCCc1ccc(OC(C(=O)O)c2ccccc2)cc1. The van der Waals surface area contributed by atoms with Crippen LogP contribution in [0.15, 0.2) is 54.6 Å². The van der Waals surface area contributed by atoms with E-state index in [2.05, 4.69) is 6.92 Å². The minimum atomic E-state index is -0.990. The van der Waals surface area contributed by atoms with Crippen LogP contribution in [0, 0.1) is 0 Å². The third-order valence-corrected chi connectivity index (χ3v) is 3.32. The molecule has 0 radical (unpaired) electrons. The van der Waals surface area contributed by atoms with Crippen LogP contribution < -0.4 is 4.74 Å². The van der Waals surface area contributed by atoms with E-state index >= 15 is 0 Å². The summed E-state index contributed by atoms with van der Waals surface area (Å²) >= 11 is 0. The topological polar surface area (TPSA) is 46.5 Å². The van der Waals surface area contributed by atoms with Crippen molar-refractivity contribution in [3.63, 3.8) is 0 Å². The van der Waals surface area contributed by atoms with Gasteiger partial charge in [0.1, 0.15) is 5.75 Å². The van der Waals surface area contributed by atoms with E-state index in [1.54, 1.807) is 12.1 Å². The molecule has 1 N–H and O–H groups in total. The van der Waals surface area contributed by atoms with E-state index in [1.807, 2.05) is 42.5 Å². The standard InChI is InChI=1S/C18H20O3/c1-2-3-7-14-10-12-16(13-11-14)21-17(18(19)20)15-8-5-4-6-9-15/h4-6,8-13,17H,2-3,7H2,1H3,(H,19,20). The van der Waals surface area contributed by atoms with E-state index in [-0.39, 0.29) is 0 Å². The highest BCUT2D eigenvalue weighted by Gasteiger charge is 2.21. The lowest BCUT2D eigenvalue weighted by molar-refractivity contribution is -0.145. The maximum absolute atomic E-state index is 11.4. The van der Waals surface area contributed by atoms with Crippen molar-refractivity contribution < 1.29 is 14.6 Å². The molecule has 2 rings (SSSR count). The lowest BCUT2D eigenvalue weighted by atomic mass is 10.1. The number of hydrogen-bond acceptors (Lipinski definition) is 2. The van der Waals surface area contributed by atoms with Crippen molar-refractivity contribution >= 4 is 5.97 Å². The van der Waals surface area contributed by atoms with Gasteiger partial charge in [0.25, 0.3) is 0 Å². The third-order valence-electron chi connectivity index (χ3n) is 3.32. The van der Waals surface area contributed by atoms with Gasteiger partial charge in [-0.05, 0) is 30.5 Å². The Hall–Kier alpha value is -2.29. The zero-order valence-corrected chi connectivity index (χ0v) is 12.2. The molecule has 0 saturated heterocycles. The minimum Gasteiger partial charge on any atom is -0.478 e. The fourth-order valence-corrected chi connectivity index (χ4v) is 2.14. The van der Waals surface area contributed by atoms with Crippen molar-refractivity contribution in [3.8, 4) is 5.75 Å². The molecule has 0 heterocycles. The van der Waals surface area contributed by atoms with Crippen molar-refractivity contribution in [2.24, 2.45) is 0 Å². The average Bonchev–Trinajstić information content (AvgIpc) is 2.52. The van der Waals surface area contributed by atoms with Gasteiger partial charge in [-0.3, -0.25) is 0 Å². The summed E-state index contributed by atoms with van der Waals surface area (Å²) in [4.78, 5) is 11.4. The first-order valence-electron chi connectivity index (χ1n) is 7.24. The van der Waals surface area contributed by atoms with Gasteiger partial charge >= 0.3 is 5.97 Å². The Balaban J connectivity index is 2.09. The molecule has 0 spiro atoms. The number of hydrogen-bond donors (Lipinski definition) is 1. The first kappa shape index (κ1) is 15.1. The molecule has 3 heteroatoms. The highest BCUT2D eigenvalue weighted by atomic mass is 16.5. The first-order chi connectivity index (χ1) is 10.2. The Kier molecular flexibility index (Phi) is 5.38. The van der Waals surface area contributed by atoms with Crippen LogP contribution in [0.2, 0.25) is 0 Å². The van der Waals surface area contributed by atoms with Gasteiger partial charge in [-0.2, -0.15) is 0 Å². The molecule has 0 saturated carbocycles. The number of aryl methyl sites for hydroxylation is 1. The monoisotopic (exact) mass is 284 g/mol. The molecule has 0 aliphatic rings. The average molecular weight is 284 g/mol. The zero-order valence-electron chi connectivity index (χ0n) is 12.2. The normalized spacial score (nSPS) is 11.9. The van der Waals surface area contributed by atoms with E-state index in [9.17, 15) is 9.90 Å². The maximum Gasteiger partial charge on any atom is 0.349 e. The number of carboxylic acids is 1. The predicted octanol–water partition coefficient (Wildman–Crippen LogP) is 4.23. The molecule has 0 amide bonds. The van der Waals surface area contributed by atoms with Crippen LogP contribution in [0.5, 0.6) is 5.75 Å². The van der Waals surface area contributed by atoms with Crippen LogP contribution in [-0.4, -0.2) is 11.1 Å². The fraction of sp³-hybridized carbons (Fsp3) is 0.278. The number of carboxylic acid groups (broad SMARTS) is 1. The molecular weight excluding hydrogens is 264 g/mol. The summed E-state index contributed by atoms with van der Waals surface area (Å²) in [6.45, 7) is 2.16. The molecule has 110 valence electrons. The molecule has 2 aromatic carbocycles. The number of ether oxygens (including phenoxy) is 1. The van der Waals surface area contributed by atoms with Crippen molar-refractivity contribution in [1.29, 1.82) is 0 Å². The molecule has 1 atom stereocenters. The van der Waals surface area contributed by atoms with Crippen LogP contribution in [-0.2, 0) is 11.2 Å². The third kappa shape index (κ3) is 4.35. The molecule has 0 aliphatic heterocycles. The fourth-order valence-electron chi connectivity index (χ4n) is 2.14. The Morgan fingerprint density at radius 2 is 1.76 bits per heavy atom. The van der Waals surface area contributed by atoms with Gasteiger partial charge in [0.15, 0.2) is 0 Å². The van der Waals surface area contributed by atoms with E-state index in [0.717, 1.165) is 19.3 Å². The van der Waals surface area contributed by atoms with E-state index in [0.29, 0.717) is 11.3 Å². The van der Waals surface area contributed by atoms with Crippen LogP contribution in [0.1, 0.15) is 37.0 Å². The molecule has 0 bridgehead atoms. The second-order valence-corrected chi connectivity index (χ2v) is 4.99. The molecular formula is C18H20O3. The zero-order chi connectivity index (χ0) is 15.1. The largest absolute Gasteiger partial charge is 0.478 e. The Morgan fingerprint density at radius 3 is 2.33 bits per heavy atom. The van der Waals surface area contributed by atoms with Crippen molar-refractivity contribution in [2.75, 3.05) is 0 Å². The summed E-state index contributed by atoms with van der Waals surface area (Å²) in [6.07, 6.45) is 2.38. The van der Waals surface area contributed by atoms with E-state index in [1.165, 1.54) is 5.56 Å². The minimum absolute atomic E-state index is 0.575. The lowest BCUT2D eigenvalue weighted by Gasteiger charge is -2.15. The van der Waals surface area contributed by atoms with Crippen LogP contribution in [0.25, 0.3) is 0 Å². The number of unbranched alkanes of at least 4 members (excludes halogenated alkanes) is 1. The predicted molar refractivity (Wildman–Crippen MR) is 82.5 cm³/mol. The Labute approximate surface area is 125 Å². The summed E-state index contributed by atoms with van der Waals surface area (Å²) in [6, 6.07) is 16.6. The second-order valence-electron chi connectivity index (χ2n) is 4.99. The summed E-state index contributed by atoms with van der Waals surface area (Å²) < 4.78 is 5.62. The van der Waals surface area contributed by atoms with Crippen molar-refractivity contribution in [2.45, 2.75) is 32.3 Å².